The lowest BCUT2D eigenvalue weighted by Crippen LogP contribution is -3.00. The highest BCUT2D eigenvalue weighted by atomic mass is 35.5. The normalized spacial score (nSPS) is 18.4. The van der Waals surface area contributed by atoms with Crippen molar-refractivity contribution in [2.75, 3.05) is 26.2 Å². The van der Waals surface area contributed by atoms with Gasteiger partial charge in [0.2, 0.25) is 0 Å². The van der Waals surface area contributed by atoms with Crippen LogP contribution in [0.5, 0.6) is 0 Å². The predicted octanol–water partition coefficient (Wildman–Crippen LogP) is -8.10. The van der Waals surface area contributed by atoms with Gasteiger partial charge in [-0.25, -0.2) is 9.59 Å². The smallest absolute Gasteiger partial charge is 0.410 e. The van der Waals surface area contributed by atoms with Crippen LogP contribution in [-0.2, 0) is 9.47 Å². The minimum atomic E-state index is -0.462. The van der Waals surface area contributed by atoms with E-state index in [2.05, 4.69) is 10.1 Å². The molecule has 2 aliphatic rings. The number of hydrogen-bond acceptors (Lipinski definition) is 6. The number of rotatable bonds is 1. The molecule has 2 aliphatic heterocycles. The number of aromatic nitrogens is 2. The van der Waals surface area contributed by atoms with E-state index in [1.807, 2.05) is 41.5 Å². The average Bonchev–Trinajstić information content (AvgIpc) is 3.33. The second-order valence-corrected chi connectivity index (χ2v) is 11.6. The first-order valence-electron chi connectivity index (χ1n) is 13.2. The lowest BCUT2D eigenvalue weighted by atomic mass is 10.1. The van der Waals surface area contributed by atoms with Crippen LogP contribution in [-0.4, -0.2) is 93.2 Å². The minimum absolute atomic E-state index is 0. The van der Waals surface area contributed by atoms with Gasteiger partial charge >= 0.3 is 24.1 Å². The number of piperidine rings is 2. The lowest BCUT2D eigenvalue weighted by Gasteiger charge is -2.32. The van der Waals surface area contributed by atoms with E-state index in [-0.39, 0.29) is 61.0 Å². The Kier molecular flexibility index (Phi) is 18.1. The molecule has 238 valence electrons. The molecular formula is C25H50Cl2N10O4. The molecule has 2 fully saturated rings. The molecule has 3 rings (SSSR count). The van der Waals surface area contributed by atoms with Crippen LogP contribution in [0.2, 0.25) is 0 Å². The Hall–Kier alpha value is -2.97. The van der Waals surface area contributed by atoms with Gasteiger partial charge in [0, 0.05) is 25.7 Å². The fourth-order valence-corrected chi connectivity index (χ4v) is 3.75. The number of nitrogens with one attached hydrogen (secondary N) is 1. The summed E-state index contributed by atoms with van der Waals surface area (Å²) >= 11 is 0. The second-order valence-electron chi connectivity index (χ2n) is 11.6. The summed E-state index contributed by atoms with van der Waals surface area (Å²) in [4.78, 5) is 29.8. The first-order chi connectivity index (χ1) is 18.0. The number of ether oxygens (including phenoxy) is 2. The quantitative estimate of drug-likeness (QED) is 0.129. The number of nitrogens with two attached hydrogens (primary N) is 5. The van der Waals surface area contributed by atoms with Crippen LogP contribution in [0.4, 0.5) is 9.59 Å². The summed E-state index contributed by atoms with van der Waals surface area (Å²) < 4.78 is 12.0. The maximum Gasteiger partial charge on any atom is 0.410 e. The summed E-state index contributed by atoms with van der Waals surface area (Å²) in [5, 5.41) is 8.90. The summed E-state index contributed by atoms with van der Waals surface area (Å²) in [7, 11) is 0. The molecule has 0 aromatic carbocycles. The third-order valence-electron chi connectivity index (χ3n) is 5.32. The molecule has 2 amide bonds. The zero-order valence-electron chi connectivity index (χ0n) is 25.1. The highest BCUT2D eigenvalue weighted by Crippen LogP contribution is 2.15. The molecule has 1 aromatic heterocycles. The highest BCUT2D eigenvalue weighted by Gasteiger charge is 2.28. The van der Waals surface area contributed by atoms with E-state index in [0.29, 0.717) is 13.1 Å². The number of likely N-dealkylation sites (tertiary alicyclic amines) is 2. The fourth-order valence-electron chi connectivity index (χ4n) is 3.75. The van der Waals surface area contributed by atoms with Crippen molar-refractivity contribution in [3.63, 3.8) is 0 Å². The van der Waals surface area contributed by atoms with E-state index in [0.717, 1.165) is 38.8 Å². The lowest BCUT2D eigenvalue weighted by molar-refractivity contribution is -0.508. The summed E-state index contributed by atoms with van der Waals surface area (Å²) in [5.41, 5.74) is 20.8. The third kappa shape index (κ3) is 18.2. The van der Waals surface area contributed by atoms with E-state index in [1.54, 1.807) is 28.3 Å². The Labute approximate surface area is 255 Å². The molecule has 0 spiro atoms. The maximum atomic E-state index is 11.9. The maximum absolute atomic E-state index is 11.9. The average molecular weight is 626 g/mol. The van der Waals surface area contributed by atoms with Crippen molar-refractivity contribution < 1.29 is 54.3 Å². The Bertz CT molecular complexity index is 945. The van der Waals surface area contributed by atoms with Gasteiger partial charge in [-0.15, -0.1) is 9.78 Å². The summed E-state index contributed by atoms with van der Waals surface area (Å²) in [6.07, 6.45) is 6.61. The molecule has 2 atom stereocenters. The van der Waals surface area contributed by atoms with E-state index in [4.69, 9.17) is 37.8 Å². The van der Waals surface area contributed by atoms with Gasteiger partial charge in [-0.2, -0.15) is 0 Å². The van der Waals surface area contributed by atoms with Gasteiger partial charge in [0.1, 0.15) is 11.2 Å². The third-order valence-corrected chi connectivity index (χ3v) is 5.32. The molecule has 1 aromatic rings. The zero-order chi connectivity index (χ0) is 29.8. The van der Waals surface area contributed by atoms with E-state index in [1.165, 1.54) is 4.68 Å². The number of nitrogens with zero attached hydrogens (tertiary/aromatic N) is 4. The standard InChI is InChI=1S/C11H22N4O2.C10H20N2O2.C4H6N4.2ClH/c1-11(2,3)17-10(16)15-6-4-5-8(7-15)14-9(12)13;1-10(2,3)14-9(13)12-6-4-5-8(11)7-12;5-4(6)8-3-1-2-7-8;;/h8H,4-7H2,1-3H3,(H4,12,13,14);8H,4-7,11H2,1-3H3;1-3H,(H3,5,6);2*1H/t2*8-;;;/m11.../s1. The molecule has 0 unspecified atom stereocenters. The van der Waals surface area contributed by atoms with E-state index >= 15 is 0 Å². The summed E-state index contributed by atoms with van der Waals surface area (Å²) in [6, 6.07) is 1.97. The summed E-state index contributed by atoms with van der Waals surface area (Å²) in [5.74, 6) is 0.385. The van der Waals surface area contributed by atoms with Crippen LogP contribution in [0.25, 0.3) is 0 Å². The number of halogens is 2. The van der Waals surface area contributed by atoms with Gasteiger partial charge in [-0.3, -0.25) is 27.6 Å². The van der Waals surface area contributed by atoms with Crippen molar-refractivity contribution in [3.8, 4) is 0 Å². The first kappa shape index (κ1) is 40.2. The molecule has 0 aliphatic carbocycles. The Morgan fingerprint density at radius 2 is 1.39 bits per heavy atom. The molecule has 14 nitrogen and oxygen atoms in total. The van der Waals surface area contributed by atoms with Gasteiger partial charge in [0.15, 0.2) is 0 Å². The Morgan fingerprint density at radius 1 is 0.902 bits per heavy atom. The van der Waals surface area contributed by atoms with Crippen LogP contribution < -0.4 is 58.2 Å². The van der Waals surface area contributed by atoms with Crippen molar-refractivity contribution in [1.29, 1.82) is 0 Å². The minimum Gasteiger partial charge on any atom is -1.00 e. The number of carbonyl (C=O) groups is 2. The zero-order valence-corrected chi connectivity index (χ0v) is 26.6. The number of guanidine groups is 1. The fraction of sp³-hybridized carbons (Fsp3) is 0.720. The monoisotopic (exact) mass is 624 g/mol. The molecule has 0 bridgehead atoms. The Morgan fingerprint density at radius 3 is 1.76 bits per heavy atom. The van der Waals surface area contributed by atoms with E-state index < -0.39 is 11.2 Å². The van der Waals surface area contributed by atoms with Gasteiger partial charge in [-0.1, -0.05) is 0 Å². The van der Waals surface area contributed by atoms with Crippen molar-refractivity contribution in [3.05, 3.63) is 18.5 Å². The Balaban J connectivity index is 0. The molecule has 2 saturated heterocycles. The van der Waals surface area contributed by atoms with E-state index in [9.17, 15) is 9.59 Å². The van der Waals surface area contributed by atoms with Crippen LogP contribution in [0, 0.1) is 0 Å². The van der Waals surface area contributed by atoms with Crippen LogP contribution in [0.1, 0.15) is 67.2 Å². The van der Waals surface area contributed by atoms with Crippen LogP contribution >= 0.6 is 0 Å². The van der Waals surface area contributed by atoms with Gasteiger partial charge in [-0.05, 0) is 73.3 Å². The van der Waals surface area contributed by atoms with Crippen LogP contribution in [0.3, 0.4) is 0 Å². The van der Waals surface area contributed by atoms with Crippen molar-refractivity contribution in [2.45, 2.75) is 90.5 Å². The number of amides is 2. The van der Waals surface area contributed by atoms with Gasteiger partial charge < -0.3 is 49.8 Å². The van der Waals surface area contributed by atoms with Crippen molar-refractivity contribution >= 4 is 24.1 Å². The molecule has 11 N–H and O–H groups in total. The van der Waals surface area contributed by atoms with Gasteiger partial charge in [0.25, 0.3) is 0 Å². The van der Waals surface area contributed by atoms with Gasteiger partial charge in [0.05, 0.1) is 25.0 Å². The molecule has 3 heterocycles. The van der Waals surface area contributed by atoms with Crippen LogP contribution in [0.15, 0.2) is 18.5 Å². The largest absolute Gasteiger partial charge is 1.00 e. The van der Waals surface area contributed by atoms with Crippen molar-refractivity contribution in [2.24, 2.45) is 22.9 Å². The molecule has 0 saturated carbocycles. The first-order valence-corrected chi connectivity index (χ1v) is 13.2. The molecule has 16 heteroatoms. The molecular weight excluding hydrogens is 575 g/mol. The summed E-state index contributed by atoms with van der Waals surface area (Å²) in [6.45, 7) is 13.9. The predicted molar refractivity (Wildman–Crippen MR) is 149 cm³/mol. The topological polar surface area (TPSA) is 221 Å². The number of carbonyl (C=O) groups excluding carboxylic acids is 2. The van der Waals surface area contributed by atoms with Crippen molar-refractivity contribution in [1.82, 2.24) is 19.6 Å². The second kappa shape index (κ2) is 18.5. The SMILES string of the molecule is CC(C)(C)OC(=O)N1CCC[C@@H](N)C1.CC(C)(C)OC(=O)N1CCC[C@@H]([NH+]=C(N)N)C1.NC(=[NH2+])n1cccn1.[Cl-].[Cl-]. The molecule has 41 heavy (non-hydrogen) atoms. The molecule has 0 radical (unpaired) electrons. The highest BCUT2D eigenvalue weighted by molar-refractivity contribution is 5.72. The number of hydrogen-bond donors (Lipinski definition) is 6.